The summed E-state index contributed by atoms with van der Waals surface area (Å²) in [4.78, 5) is 10.4. The summed E-state index contributed by atoms with van der Waals surface area (Å²) in [6.45, 7) is 4.18. The van der Waals surface area contributed by atoms with Crippen LogP contribution in [0.25, 0.3) is 0 Å². The molecule has 0 bridgehead atoms. The molecular weight excluding hydrogens is 276 g/mol. The Morgan fingerprint density at radius 2 is 2.05 bits per heavy atom. The molecule has 20 heavy (non-hydrogen) atoms. The van der Waals surface area contributed by atoms with Gasteiger partial charge in [-0.3, -0.25) is 10.1 Å². The van der Waals surface area contributed by atoms with Crippen LogP contribution in [0.4, 0.5) is 11.4 Å². The highest BCUT2D eigenvalue weighted by Crippen LogP contribution is 2.32. The van der Waals surface area contributed by atoms with E-state index in [4.69, 9.17) is 11.6 Å². The fraction of sp³-hybridized carbons (Fsp3) is 0.600. The molecule has 0 saturated heterocycles. The molecule has 2 unspecified atom stereocenters. The van der Waals surface area contributed by atoms with E-state index in [0.29, 0.717) is 6.04 Å². The Balaban J connectivity index is 2.13. The molecule has 0 aromatic heterocycles. The molecular formula is C15H21ClN2O2. The van der Waals surface area contributed by atoms with Gasteiger partial charge in [0.25, 0.3) is 5.69 Å². The molecule has 1 saturated carbocycles. The van der Waals surface area contributed by atoms with Crippen LogP contribution in [-0.2, 0) is 0 Å². The van der Waals surface area contributed by atoms with Gasteiger partial charge in [0.1, 0.15) is 5.02 Å². The fourth-order valence-electron chi connectivity index (χ4n) is 2.81. The van der Waals surface area contributed by atoms with Gasteiger partial charge in [-0.15, -0.1) is 0 Å². The molecule has 1 aromatic rings. The van der Waals surface area contributed by atoms with Crippen molar-refractivity contribution in [1.29, 1.82) is 0 Å². The third kappa shape index (κ3) is 3.63. The van der Waals surface area contributed by atoms with Crippen molar-refractivity contribution in [1.82, 2.24) is 0 Å². The normalized spacial score (nSPS) is 23.1. The SMILES string of the molecule is Cc1cc([N+](=O)[O-])c(Cl)cc1NC1CCCC(C)CC1. The number of nitro benzene ring substituents is 1. The van der Waals surface area contributed by atoms with E-state index in [-0.39, 0.29) is 10.7 Å². The van der Waals surface area contributed by atoms with Crippen LogP contribution >= 0.6 is 11.6 Å². The molecule has 0 radical (unpaired) electrons. The van der Waals surface area contributed by atoms with Crippen molar-refractivity contribution in [2.45, 2.75) is 52.0 Å². The molecule has 0 aliphatic heterocycles. The minimum Gasteiger partial charge on any atom is -0.382 e. The summed E-state index contributed by atoms with van der Waals surface area (Å²) >= 11 is 5.99. The van der Waals surface area contributed by atoms with Crippen LogP contribution < -0.4 is 5.32 Å². The molecule has 0 amide bonds. The van der Waals surface area contributed by atoms with E-state index >= 15 is 0 Å². The van der Waals surface area contributed by atoms with Crippen molar-refractivity contribution in [2.24, 2.45) is 5.92 Å². The average molecular weight is 297 g/mol. The summed E-state index contributed by atoms with van der Waals surface area (Å²) in [5.74, 6) is 0.795. The van der Waals surface area contributed by atoms with E-state index in [1.807, 2.05) is 6.92 Å². The number of benzene rings is 1. The van der Waals surface area contributed by atoms with Gasteiger partial charge >= 0.3 is 0 Å². The number of anilines is 1. The number of nitrogens with zero attached hydrogens (tertiary/aromatic N) is 1. The highest BCUT2D eigenvalue weighted by Gasteiger charge is 2.19. The van der Waals surface area contributed by atoms with Crippen LogP contribution in [0.15, 0.2) is 12.1 Å². The number of halogens is 1. The lowest BCUT2D eigenvalue weighted by Crippen LogP contribution is -2.19. The van der Waals surface area contributed by atoms with Gasteiger partial charge in [0.15, 0.2) is 0 Å². The first kappa shape index (κ1) is 15.1. The minimum absolute atomic E-state index is 0.0239. The number of nitrogens with one attached hydrogen (secondary N) is 1. The molecule has 4 nitrogen and oxygen atoms in total. The summed E-state index contributed by atoms with van der Waals surface area (Å²) in [6, 6.07) is 3.67. The maximum absolute atomic E-state index is 10.9. The molecule has 1 fully saturated rings. The number of rotatable bonds is 3. The number of hydrogen-bond donors (Lipinski definition) is 1. The van der Waals surface area contributed by atoms with Crippen molar-refractivity contribution in [3.05, 3.63) is 32.8 Å². The first-order valence-corrected chi connectivity index (χ1v) is 7.56. The van der Waals surface area contributed by atoms with Crippen LogP contribution in [0.2, 0.25) is 5.02 Å². The maximum Gasteiger partial charge on any atom is 0.288 e. The predicted octanol–water partition coefficient (Wildman–Crippen LogP) is 4.94. The molecule has 110 valence electrons. The molecule has 1 aromatic carbocycles. The minimum atomic E-state index is -0.438. The Bertz CT molecular complexity index is 505. The molecule has 1 aliphatic rings. The van der Waals surface area contributed by atoms with E-state index in [1.165, 1.54) is 19.3 Å². The number of aryl methyl sites for hydroxylation is 1. The second kappa shape index (κ2) is 6.44. The van der Waals surface area contributed by atoms with Crippen LogP contribution in [0, 0.1) is 23.0 Å². The van der Waals surface area contributed by atoms with Crippen LogP contribution in [0.1, 0.15) is 44.6 Å². The summed E-state index contributed by atoms with van der Waals surface area (Å²) < 4.78 is 0. The van der Waals surface area contributed by atoms with Gasteiger partial charge in [0.05, 0.1) is 4.92 Å². The highest BCUT2D eigenvalue weighted by atomic mass is 35.5. The second-order valence-corrected chi connectivity index (χ2v) is 6.24. The molecule has 5 heteroatoms. The first-order valence-electron chi connectivity index (χ1n) is 7.18. The lowest BCUT2D eigenvalue weighted by molar-refractivity contribution is -0.384. The topological polar surface area (TPSA) is 55.2 Å². The third-order valence-corrected chi connectivity index (χ3v) is 4.41. The van der Waals surface area contributed by atoms with Gasteiger partial charge in [-0.2, -0.15) is 0 Å². The van der Waals surface area contributed by atoms with Crippen LogP contribution in [0.3, 0.4) is 0 Å². The van der Waals surface area contributed by atoms with Gasteiger partial charge in [-0.05, 0) is 43.7 Å². The van der Waals surface area contributed by atoms with E-state index in [1.54, 1.807) is 12.1 Å². The Labute approximate surface area is 124 Å². The quantitative estimate of drug-likeness (QED) is 0.488. The molecule has 0 spiro atoms. The van der Waals surface area contributed by atoms with Gasteiger partial charge in [0, 0.05) is 17.8 Å². The van der Waals surface area contributed by atoms with Crippen LogP contribution in [-0.4, -0.2) is 11.0 Å². The molecule has 1 N–H and O–H groups in total. The van der Waals surface area contributed by atoms with Crippen molar-refractivity contribution in [3.8, 4) is 0 Å². The van der Waals surface area contributed by atoms with Gasteiger partial charge < -0.3 is 5.32 Å². The number of hydrogen-bond acceptors (Lipinski definition) is 3. The highest BCUT2D eigenvalue weighted by molar-refractivity contribution is 6.33. The second-order valence-electron chi connectivity index (χ2n) is 5.83. The summed E-state index contributed by atoms with van der Waals surface area (Å²) in [5.41, 5.74) is 1.77. The lowest BCUT2D eigenvalue weighted by atomic mass is 10.0. The van der Waals surface area contributed by atoms with Crippen LogP contribution in [0.5, 0.6) is 0 Å². The molecule has 2 rings (SSSR count). The van der Waals surface area contributed by atoms with E-state index < -0.39 is 4.92 Å². The Morgan fingerprint density at radius 3 is 2.75 bits per heavy atom. The molecule has 1 aliphatic carbocycles. The lowest BCUT2D eigenvalue weighted by Gasteiger charge is -2.19. The van der Waals surface area contributed by atoms with Gasteiger partial charge in [-0.25, -0.2) is 0 Å². The predicted molar refractivity (Wildman–Crippen MR) is 82.5 cm³/mol. The summed E-state index contributed by atoms with van der Waals surface area (Å²) in [7, 11) is 0. The average Bonchev–Trinajstić information content (AvgIpc) is 2.58. The monoisotopic (exact) mass is 296 g/mol. The fourth-order valence-corrected chi connectivity index (χ4v) is 3.05. The third-order valence-electron chi connectivity index (χ3n) is 4.11. The standard InChI is InChI=1S/C15H21ClN2O2/c1-10-4-3-5-12(7-6-10)17-14-9-13(16)15(18(19)20)8-11(14)2/h8-10,12,17H,3-7H2,1-2H3. The zero-order valence-corrected chi connectivity index (χ0v) is 12.7. The van der Waals surface area contributed by atoms with E-state index in [2.05, 4.69) is 12.2 Å². The van der Waals surface area contributed by atoms with Crippen molar-refractivity contribution < 1.29 is 4.92 Å². The molecule has 2 atom stereocenters. The Kier molecular flexibility index (Phi) is 4.86. The van der Waals surface area contributed by atoms with Crippen molar-refractivity contribution >= 4 is 23.0 Å². The smallest absolute Gasteiger partial charge is 0.288 e. The summed E-state index contributed by atoms with van der Waals surface area (Å²) in [6.07, 6.45) is 6.06. The van der Waals surface area contributed by atoms with Gasteiger partial charge in [0.2, 0.25) is 0 Å². The maximum atomic E-state index is 10.9. The van der Waals surface area contributed by atoms with Crippen molar-refractivity contribution in [3.63, 3.8) is 0 Å². The zero-order chi connectivity index (χ0) is 14.7. The number of nitro groups is 1. The Hall–Kier alpha value is -1.29. The Morgan fingerprint density at radius 1 is 1.30 bits per heavy atom. The molecule has 0 heterocycles. The summed E-state index contributed by atoms with van der Waals surface area (Å²) in [5, 5.41) is 14.6. The van der Waals surface area contributed by atoms with E-state index in [0.717, 1.165) is 30.0 Å². The first-order chi connectivity index (χ1) is 9.47. The van der Waals surface area contributed by atoms with E-state index in [9.17, 15) is 10.1 Å². The zero-order valence-electron chi connectivity index (χ0n) is 12.0. The van der Waals surface area contributed by atoms with Gasteiger partial charge in [-0.1, -0.05) is 31.4 Å². The van der Waals surface area contributed by atoms with Crippen molar-refractivity contribution in [2.75, 3.05) is 5.32 Å². The largest absolute Gasteiger partial charge is 0.382 e.